The smallest absolute Gasteiger partial charge is 0.187 e. The lowest BCUT2D eigenvalue weighted by Gasteiger charge is -2.11. The van der Waals surface area contributed by atoms with Gasteiger partial charge < -0.3 is 13.3 Å². The largest absolute Gasteiger partial charge is 0.455 e. The van der Waals surface area contributed by atoms with Crippen molar-refractivity contribution in [3.63, 3.8) is 0 Å². The molecule has 0 aliphatic rings. The molecule has 0 aliphatic heterocycles. The molecule has 10 heterocycles. The van der Waals surface area contributed by atoms with Gasteiger partial charge in [-0.2, -0.15) is 5.26 Å². The first-order valence-corrected chi connectivity index (χ1v) is 49.6. The summed E-state index contributed by atoms with van der Waals surface area (Å²) in [6, 6.07) is 155. The highest BCUT2D eigenvalue weighted by atomic mass is 32.1. The highest BCUT2D eigenvalue weighted by Gasteiger charge is 2.29. The van der Waals surface area contributed by atoms with Crippen molar-refractivity contribution in [2.75, 3.05) is 0 Å². The maximum atomic E-state index is 10.0. The molecule has 143 heavy (non-hydrogen) atoms. The minimum absolute atomic E-state index is 0.580. The van der Waals surface area contributed by atoms with Crippen molar-refractivity contribution < 1.29 is 13.3 Å². The predicted molar refractivity (Wildman–Crippen MR) is 592 cm³/mol. The summed E-state index contributed by atoms with van der Waals surface area (Å²) in [5.41, 5.74) is 30.2. The molecule has 29 aromatic rings. The van der Waals surface area contributed by atoms with Gasteiger partial charge in [0.2, 0.25) is 0 Å². The van der Waals surface area contributed by atoms with Crippen LogP contribution in [0.3, 0.4) is 0 Å². The van der Waals surface area contributed by atoms with Gasteiger partial charge in [-0.15, -0.1) is 34.0 Å². The Morgan fingerprint density at radius 1 is 0.252 bits per heavy atom. The average molecular weight is 1880 g/mol. The first-order valence-electron chi connectivity index (χ1n) is 47.2. The summed E-state index contributed by atoms with van der Waals surface area (Å²) in [5.74, 6) is 2.77. The third-order valence-electron chi connectivity index (χ3n) is 27.1. The van der Waals surface area contributed by atoms with Crippen LogP contribution in [0, 0.1) is 17.9 Å². The Balaban J connectivity index is 0.000000107. The molecule has 0 atom stereocenters. The Hall–Kier alpha value is -18.7. The highest BCUT2D eigenvalue weighted by molar-refractivity contribution is 7.27. The maximum Gasteiger partial charge on any atom is 0.187 e. The number of thiophene rings is 3. The molecule has 0 aliphatic carbocycles. The summed E-state index contributed by atoms with van der Waals surface area (Å²) in [6.07, 6.45) is 0. The number of aromatic nitrogens is 7. The van der Waals surface area contributed by atoms with Crippen molar-refractivity contribution in [2.45, 2.75) is 0 Å². The summed E-state index contributed by atoms with van der Waals surface area (Å²) in [6.45, 7) is 7.62. The van der Waals surface area contributed by atoms with Crippen molar-refractivity contribution >= 4 is 188 Å². The van der Waals surface area contributed by atoms with Crippen LogP contribution in [0.5, 0.6) is 0 Å². The third-order valence-corrected chi connectivity index (χ3v) is 30.6. The molecule has 0 amide bonds. The molecule has 0 unspecified atom stereocenters. The molecule has 666 valence electrons. The number of furan rings is 3. The number of hydrogen-bond donors (Lipinski definition) is 0. The molecule has 0 N–H and O–H groups in total. The van der Waals surface area contributed by atoms with Gasteiger partial charge >= 0.3 is 0 Å². The number of nitrogens with zero attached hydrogens (tertiary/aromatic N) is 9. The van der Waals surface area contributed by atoms with E-state index < -0.39 is 0 Å². The van der Waals surface area contributed by atoms with Crippen LogP contribution in [0.4, 0.5) is 5.69 Å². The van der Waals surface area contributed by atoms with Crippen LogP contribution in [0.1, 0.15) is 5.56 Å². The van der Waals surface area contributed by atoms with E-state index in [0.717, 1.165) is 245 Å². The van der Waals surface area contributed by atoms with E-state index in [9.17, 15) is 5.26 Å². The number of benzene rings is 19. The van der Waals surface area contributed by atoms with E-state index in [-0.39, 0.29) is 0 Å². The second-order valence-electron chi connectivity index (χ2n) is 35.4. The number of para-hydroxylation sites is 2. The molecule has 0 saturated carbocycles. The first kappa shape index (κ1) is 83.6. The van der Waals surface area contributed by atoms with E-state index in [1.54, 1.807) is 34.0 Å². The number of nitriles is 1. The molecule has 19 aromatic carbocycles. The van der Waals surface area contributed by atoms with E-state index in [1.807, 2.05) is 109 Å². The van der Waals surface area contributed by atoms with Crippen LogP contribution in [0.15, 0.2) is 456 Å². The van der Waals surface area contributed by atoms with Crippen LogP contribution in [0.25, 0.3) is 283 Å². The van der Waals surface area contributed by atoms with Gasteiger partial charge in [0, 0.05) is 112 Å². The van der Waals surface area contributed by atoms with Gasteiger partial charge in [-0.05, 0) is 153 Å². The van der Waals surface area contributed by atoms with Crippen LogP contribution < -0.4 is 0 Å². The fourth-order valence-corrected chi connectivity index (χ4v) is 24.0. The molecule has 0 bridgehead atoms. The number of hydrogen-bond acceptors (Lipinski definition) is 13. The van der Waals surface area contributed by atoms with Crippen LogP contribution >= 0.6 is 34.0 Å². The Bertz CT molecular complexity index is 10200. The zero-order valence-electron chi connectivity index (χ0n) is 76.1. The number of rotatable bonds is 12. The first-order chi connectivity index (χ1) is 70.8. The lowest BCUT2D eigenvalue weighted by Crippen LogP contribution is -2.01. The molecule has 0 spiro atoms. The summed E-state index contributed by atoms with van der Waals surface area (Å²) in [4.78, 5) is 35.6. The Labute approximate surface area is 830 Å². The average Bonchev–Trinajstić information content (AvgIpc) is 1.56. The second-order valence-corrected chi connectivity index (χ2v) is 38.6. The second kappa shape index (κ2) is 34.7. The van der Waals surface area contributed by atoms with E-state index in [1.165, 1.54) is 15.5 Å². The SMILES string of the molecule is N#Cc1ccccc1-c1nc(-c2cccc3oc4c(-c5ccccc5)cc(-c5ccccc5)cc4c23)nc2c1sc1ccccc12.[C-]#[N+]c1cccc(-c2nc(-c3cccc4oc5c(-c6ccccc6)cc(-c6ccccc6)cc5c34)nc3c2sc2ccccc23)c1.c1ccc(-c2cc(-c3ccccc3)c3oc4cccc(-c5nc(-n6c7ccccc7c7ccccc76)c6sc7ccccc7c6n5)c4c3c2)cc1. The molecule has 29 rings (SSSR count). The normalized spacial score (nSPS) is 11.6. The highest BCUT2D eigenvalue weighted by Crippen LogP contribution is 2.52. The van der Waals surface area contributed by atoms with Gasteiger partial charge in [0.15, 0.2) is 29.0 Å². The quantitative estimate of drug-likeness (QED) is 0.108. The monoisotopic (exact) mass is 1880 g/mol. The van der Waals surface area contributed by atoms with Crippen molar-refractivity contribution in [1.29, 1.82) is 5.26 Å². The van der Waals surface area contributed by atoms with Crippen LogP contribution in [0.2, 0.25) is 0 Å². The summed E-state index contributed by atoms with van der Waals surface area (Å²) >= 11 is 5.10. The minimum atomic E-state index is 0.580. The van der Waals surface area contributed by atoms with E-state index >= 15 is 0 Å². The zero-order valence-corrected chi connectivity index (χ0v) is 78.6. The fourth-order valence-electron chi connectivity index (χ4n) is 20.5. The van der Waals surface area contributed by atoms with Gasteiger partial charge in [-0.25, -0.2) is 34.7 Å². The molecular formula is C128H73N9O3S3. The summed E-state index contributed by atoms with van der Waals surface area (Å²) in [5, 5.41) is 21.8. The predicted octanol–water partition coefficient (Wildman–Crippen LogP) is 36.1. The van der Waals surface area contributed by atoms with Gasteiger partial charge in [0.25, 0.3) is 0 Å². The van der Waals surface area contributed by atoms with Gasteiger partial charge in [0.1, 0.15) is 33.5 Å². The van der Waals surface area contributed by atoms with Crippen molar-refractivity contribution in [2.24, 2.45) is 0 Å². The lowest BCUT2D eigenvalue weighted by atomic mass is 9.95. The molecule has 0 radical (unpaired) electrons. The van der Waals surface area contributed by atoms with Crippen molar-refractivity contribution in [3.8, 4) is 135 Å². The number of fused-ring (bicyclic) bond motifs is 21. The molecule has 15 heteroatoms. The van der Waals surface area contributed by atoms with Crippen LogP contribution in [-0.4, -0.2) is 34.5 Å². The molecular weight excluding hydrogens is 1810 g/mol. The standard InChI is InChI=1S/C46H27N3OS.2C41H23N3OS/c1-3-14-28(15-4-1)30-26-35(29-16-5-2-6-17-29)43-36(27-30)41-34(21-13-24-39(41)50-43)45-47-42-33-20-9-12-25-40(33)51-44(42)46(48-45)49-37-22-10-7-18-31(37)32-19-8-11-23-38(32)49;1-42-29-17-10-16-27(22-29)37-40-38(30-18-8-9-21-35(30)46-40)44-41(43-37)31-19-11-20-34-36(31)33-24-28(25-12-4-2-5-13-25)23-32(39(33)45-34)26-14-6-3-7-15-26;42-24-27-16-7-8-17-29(27)37-40-38(30-18-9-10-21-35(30)46-40)44-41(43-37)31-19-11-20-34-36(31)33-23-28(25-12-3-1-4-13-25)22-32(39(33)45-34)26-14-5-2-6-15-26/h1-27H;2-24H;1-23H. The zero-order chi connectivity index (χ0) is 94.7. The summed E-state index contributed by atoms with van der Waals surface area (Å²) < 4.78 is 29.0. The molecule has 0 fully saturated rings. The van der Waals surface area contributed by atoms with Crippen molar-refractivity contribution in [3.05, 3.63) is 460 Å². The molecule has 0 saturated heterocycles. The topological polar surface area (TPSA) is 150 Å². The Morgan fingerprint density at radius 2 is 0.573 bits per heavy atom. The maximum absolute atomic E-state index is 10.0. The van der Waals surface area contributed by atoms with Gasteiger partial charge in [0.05, 0.1) is 71.3 Å². The van der Waals surface area contributed by atoms with E-state index in [4.69, 9.17) is 49.7 Å². The van der Waals surface area contributed by atoms with E-state index in [2.05, 4.69) is 349 Å². The third kappa shape index (κ3) is 14.4. The minimum Gasteiger partial charge on any atom is -0.455 e. The lowest BCUT2D eigenvalue weighted by molar-refractivity contribution is 0.669. The van der Waals surface area contributed by atoms with Crippen molar-refractivity contribution in [1.82, 2.24) is 34.5 Å². The van der Waals surface area contributed by atoms with Gasteiger partial charge in [-0.3, -0.25) is 4.57 Å². The molecule has 10 aromatic heterocycles. The van der Waals surface area contributed by atoms with Crippen LogP contribution in [-0.2, 0) is 0 Å². The Kier molecular flexibility index (Phi) is 20.3. The van der Waals surface area contributed by atoms with E-state index in [0.29, 0.717) is 28.7 Å². The Morgan fingerprint density at radius 3 is 0.986 bits per heavy atom. The molecule has 12 nitrogen and oxygen atoms in total. The fraction of sp³-hybridized carbons (Fsp3) is 0. The van der Waals surface area contributed by atoms with Gasteiger partial charge in [-0.1, -0.05) is 346 Å². The summed E-state index contributed by atoms with van der Waals surface area (Å²) in [7, 11) is 0.